The number of amides is 1. The molecule has 2 aromatic carbocycles. The van der Waals surface area contributed by atoms with Gasteiger partial charge in [-0.15, -0.1) is 11.8 Å². The molecule has 110 valence electrons. The maximum absolute atomic E-state index is 10.9. The molecule has 0 radical (unpaired) electrons. The number of aryl methyl sites for hydroxylation is 2. The molecule has 2 aromatic rings. The quantitative estimate of drug-likeness (QED) is 0.803. The van der Waals surface area contributed by atoms with Crippen LogP contribution in [0.15, 0.2) is 47.4 Å². The van der Waals surface area contributed by atoms with Crippen molar-refractivity contribution in [1.82, 2.24) is 0 Å². The van der Waals surface area contributed by atoms with Gasteiger partial charge in [-0.3, -0.25) is 4.79 Å². The number of hydrogen-bond acceptors (Lipinski definition) is 3. The van der Waals surface area contributed by atoms with E-state index >= 15 is 0 Å². The van der Waals surface area contributed by atoms with Gasteiger partial charge in [0.15, 0.2) is 0 Å². The van der Waals surface area contributed by atoms with Gasteiger partial charge in [-0.2, -0.15) is 0 Å². The van der Waals surface area contributed by atoms with Crippen molar-refractivity contribution < 1.29 is 4.79 Å². The third-order valence-electron chi connectivity index (χ3n) is 3.36. The lowest BCUT2D eigenvalue weighted by Gasteiger charge is -2.14. The minimum absolute atomic E-state index is 0.294. The number of anilines is 1. The van der Waals surface area contributed by atoms with Gasteiger partial charge in [-0.1, -0.05) is 30.3 Å². The molecular weight excluding hydrogens is 280 g/mol. The van der Waals surface area contributed by atoms with E-state index in [-0.39, 0.29) is 5.91 Å². The summed E-state index contributed by atoms with van der Waals surface area (Å²) >= 11 is 1.46. The zero-order chi connectivity index (χ0) is 15.2. The zero-order valence-electron chi connectivity index (χ0n) is 12.3. The predicted molar refractivity (Wildman–Crippen MR) is 89.6 cm³/mol. The topological polar surface area (TPSA) is 55.1 Å². The van der Waals surface area contributed by atoms with Gasteiger partial charge in [0, 0.05) is 17.1 Å². The lowest BCUT2D eigenvalue weighted by atomic mass is 10.0. The number of primary amides is 1. The Labute approximate surface area is 129 Å². The molecule has 0 aliphatic rings. The fourth-order valence-electron chi connectivity index (χ4n) is 2.20. The average molecular weight is 300 g/mol. The van der Waals surface area contributed by atoms with Gasteiger partial charge in [0.1, 0.15) is 0 Å². The largest absolute Gasteiger partial charge is 0.380 e. The van der Waals surface area contributed by atoms with E-state index < -0.39 is 0 Å². The molecule has 0 saturated heterocycles. The molecule has 0 heterocycles. The van der Waals surface area contributed by atoms with Gasteiger partial charge in [-0.05, 0) is 42.7 Å². The van der Waals surface area contributed by atoms with Gasteiger partial charge in [-0.25, -0.2) is 0 Å². The maximum atomic E-state index is 10.9. The summed E-state index contributed by atoms with van der Waals surface area (Å²) in [6, 6.07) is 14.3. The number of carbonyl (C=O) groups is 1. The van der Waals surface area contributed by atoms with Crippen molar-refractivity contribution in [2.24, 2.45) is 5.73 Å². The molecule has 0 saturated carbocycles. The first-order chi connectivity index (χ1) is 10.1. The van der Waals surface area contributed by atoms with Crippen molar-refractivity contribution in [1.29, 1.82) is 0 Å². The summed E-state index contributed by atoms with van der Waals surface area (Å²) in [4.78, 5) is 12.0. The van der Waals surface area contributed by atoms with Crippen LogP contribution in [0.4, 0.5) is 5.69 Å². The van der Waals surface area contributed by atoms with Crippen LogP contribution in [0.3, 0.4) is 0 Å². The highest BCUT2D eigenvalue weighted by Crippen LogP contribution is 2.27. The second-order valence-electron chi connectivity index (χ2n) is 4.98. The van der Waals surface area contributed by atoms with E-state index in [0.717, 1.165) is 17.1 Å². The Morgan fingerprint density at radius 3 is 2.43 bits per heavy atom. The summed E-state index contributed by atoms with van der Waals surface area (Å²) in [5, 5.41) is 3.46. The van der Waals surface area contributed by atoms with Gasteiger partial charge in [0.25, 0.3) is 0 Å². The Balaban J connectivity index is 2.11. The minimum atomic E-state index is -0.301. The Bertz CT molecular complexity index is 620. The van der Waals surface area contributed by atoms with Crippen LogP contribution in [-0.2, 0) is 11.3 Å². The van der Waals surface area contributed by atoms with Crippen LogP contribution in [0.1, 0.15) is 16.7 Å². The molecule has 0 unspecified atom stereocenters. The van der Waals surface area contributed by atoms with E-state index in [1.54, 1.807) is 0 Å². The molecule has 3 N–H and O–H groups in total. The second-order valence-corrected chi connectivity index (χ2v) is 5.99. The molecule has 21 heavy (non-hydrogen) atoms. The van der Waals surface area contributed by atoms with Gasteiger partial charge in [0.05, 0.1) is 5.75 Å². The molecule has 0 aliphatic heterocycles. The minimum Gasteiger partial charge on any atom is -0.380 e. The second kappa shape index (κ2) is 7.18. The zero-order valence-corrected chi connectivity index (χ0v) is 13.2. The van der Waals surface area contributed by atoms with Crippen molar-refractivity contribution in [2.75, 3.05) is 11.1 Å². The van der Waals surface area contributed by atoms with E-state index in [9.17, 15) is 4.79 Å². The van der Waals surface area contributed by atoms with Crippen molar-refractivity contribution in [3.63, 3.8) is 0 Å². The number of para-hydroxylation sites is 1. The first-order valence-electron chi connectivity index (χ1n) is 6.87. The van der Waals surface area contributed by atoms with Crippen molar-refractivity contribution in [3.8, 4) is 0 Å². The average Bonchev–Trinajstić information content (AvgIpc) is 2.45. The number of carbonyl (C=O) groups excluding carboxylic acids is 1. The van der Waals surface area contributed by atoms with Crippen molar-refractivity contribution in [3.05, 3.63) is 59.2 Å². The van der Waals surface area contributed by atoms with E-state index in [1.807, 2.05) is 24.3 Å². The number of rotatable bonds is 6. The molecule has 0 bridgehead atoms. The van der Waals surface area contributed by atoms with Crippen LogP contribution >= 0.6 is 11.8 Å². The molecule has 2 rings (SSSR count). The first-order valence-corrected chi connectivity index (χ1v) is 7.85. The molecule has 4 heteroatoms. The molecule has 3 nitrogen and oxygen atoms in total. The van der Waals surface area contributed by atoms with Crippen LogP contribution in [0.25, 0.3) is 0 Å². The van der Waals surface area contributed by atoms with E-state index in [0.29, 0.717) is 5.75 Å². The molecule has 0 aromatic heterocycles. The fourth-order valence-corrected chi connectivity index (χ4v) is 2.97. The summed E-state index contributed by atoms with van der Waals surface area (Å²) in [5.41, 5.74) is 10.1. The van der Waals surface area contributed by atoms with E-state index in [1.165, 1.54) is 28.5 Å². The smallest absolute Gasteiger partial charge is 0.227 e. The Morgan fingerprint density at radius 2 is 1.76 bits per heavy atom. The number of nitrogens with one attached hydrogen (secondary N) is 1. The highest BCUT2D eigenvalue weighted by atomic mass is 32.2. The van der Waals surface area contributed by atoms with Crippen molar-refractivity contribution in [2.45, 2.75) is 25.3 Å². The lowest BCUT2D eigenvalue weighted by Crippen LogP contribution is -2.13. The SMILES string of the molecule is Cc1cccc(C)c1CNc1ccccc1SCC(N)=O. The predicted octanol–water partition coefficient (Wildman–Crippen LogP) is 3.49. The van der Waals surface area contributed by atoms with Crippen LogP contribution in [0.5, 0.6) is 0 Å². The lowest BCUT2D eigenvalue weighted by molar-refractivity contribution is -0.115. The summed E-state index contributed by atoms with van der Waals surface area (Å²) in [5.74, 6) is -0.00761. The summed E-state index contributed by atoms with van der Waals surface area (Å²) in [6.45, 7) is 5.02. The summed E-state index contributed by atoms with van der Waals surface area (Å²) in [7, 11) is 0. The van der Waals surface area contributed by atoms with Crippen LogP contribution in [0, 0.1) is 13.8 Å². The molecule has 0 fully saturated rings. The molecule has 1 amide bonds. The highest BCUT2D eigenvalue weighted by Gasteiger charge is 2.06. The van der Waals surface area contributed by atoms with E-state index in [2.05, 4.69) is 37.4 Å². The molecule has 0 atom stereocenters. The number of benzene rings is 2. The van der Waals surface area contributed by atoms with Gasteiger partial charge >= 0.3 is 0 Å². The summed E-state index contributed by atoms with van der Waals surface area (Å²) in [6.07, 6.45) is 0. The monoisotopic (exact) mass is 300 g/mol. The normalized spacial score (nSPS) is 10.4. The van der Waals surface area contributed by atoms with Gasteiger partial charge in [0.2, 0.25) is 5.91 Å². The standard InChI is InChI=1S/C17H20N2OS/c1-12-6-5-7-13(2)14(12)10-19-15-8-3-4-9-16(15)21-11-17(18)20/h3-9,19H,10-11H2,1-2H3,(H2,18,20). The first kappa shape index (κ1) is 15.4. The summed E-state index contributed by atoms with van der Waals surface area (Å²) < 4.78 is 0. The fraction of sp³-hybridized carbons (Fsp3) is 0.235. The number of nitrogens with two attached hydrogens (primary N) is 1. The van der Waals surface area contributed by atoms with Gasteiger partial charge < -0.3 is 11.1 Å². The van der Waals surface area contributed by atoms with Crippen molar-refractivity contribution >= 4 is 23.4 Å². The maximum Gasteiger partial charge on any atom is 0.227 e. The molecular formula is C17H20N2OS. The Morgan fingerprint density at radius 1 is 1.10 bits per heavy atom. The van der Waals surface area contributed by atoms with Crippen LogP contribution < -0.4 is 11.1 Å². The highest BCUT2D eigenvalue weighted by molar-refractivity contribution is 8.00. The number of thioether (sulfide) groups is 1. The van der Waals surface area contributed by atoms with E-state index in [4.69, 9.17) is 5.73 Å². The third kappa shape index (κ3) is 4.26. The van der Waals surface area contributed by atoms with Crippen LogP contribution in [0.2, 0.25) is 0 Å². The Hall–Kier alpha value is -1.94. The Kier molecular flexibility index (Phi) is 5.28. The number of hydrogen-bond donors (Lipinski definition) is 2. The molecule has 0 spiro atoms. The molecule has 0 aliphatic carbocycles. The van der Waals surface area contributed by atoms with Crippen LogP contribution in [-0.4, -0.2) is 11.7 Å². The third-order valence-corrected chi connectivity index (χ3v) is 4.45.